The highest BCUT2D eigenvalue weighted by Crippen LogP contribution is 2.18. The molecular weight excluding hydrogens is 273 g/mol. The molecule has 0 radical (unpaired) electrons. The number of carbonyl (C=O) groups is 1. The Balaban J connectivity index is 2.22. The zero-order valence-corrected chi connectivity index (χ0v) is 11.3. The van der Waals surface area contributed by atoms with Gasteiger partial charge in [-0.3, -0.25) is 4.79 Å². The van der Waals surface area contributed by atoms with Gasteiger partial charge in [0.2, 0.25) is 0 Å². The van der Waals surface area contributed by atoms with Gasteiger partial charge in [0.15, 0.2) is 0 Å². The predicted molar refractivity (Wildman–Crippen MR) is 74.5 cm³/mol. The first kappa shape index (κ1) is 14.6. The summed E-state index contributed by atoms with van der Waals surface area (Å²) >= 11 is 0. The van der Waals surface area contributed by atoms with Crippen LogP contribution >= 0.6 is 0 Å². The van der Waals surface area contributed by atoms with Crippen molar-refractivity contribution in [1.82, 2.24) is 4.90 Å². The number of halogens is 1. The van der Waals surface area contributed by atoms with Crippen molar-refractivity contribution in [2.24, 2.45) is 0 Å². The first-order chi connectivity index (χ1) is 10.1. The zero-order chi connectivity index (χ0) is 15.2. The van der Waals surface area contributed by atoms with Crippen molar-refractivity contribution in [3.8, 4) is 6.07 Å². The quantitative estimate of drug-likeness (QED) is 0.857. The second-order valence-corrected chi connectivity index (χ2v) is 4.45. The lowest BCUT2D eigenvalue weighted by Gasteiger charge is -2.21. The van der Waals surface area contributed by atoms with E-state index in [-0.39, 0.29) is 36.7 Å². The van der Waals surface area contributed by atoms with Crippen LogP contribution in [-0.2, 0) is 6.54 Å². The molecule has 2 rings (SSSR count). The molecule has 0 saturated heterocycles. The van der Waals surface area contributed by atoms with Crippen LogP contribution in [0.15, 0.2) is 41.0 Å². The van der Waals surface area contributed by atoms with Gasteiger partial charge in [-0.2, -0.15) is 5.26 Å². The van der Waals surface area contributed by atoms with Crippen LogP contribution < -0.4 is 5.73 Å². The van der Waals surface area contributed by atoms with Crippen LogP contribution in [0.1, 0.15) is 22.5 Å². The molecule has 2 aromatic rings. The Kier molecular flexibility index (Phi) is 4.57. The Morgan fingerprint density at radius 3 is 2.86 bits per heavy atom. The number of anilines is 1. The first-order valence-electron chi connectivity index (χ1n) is 6.35. The van der Waals surface area contributed by atoms with Gasteiger partial charge < -0.3 is 15.1 Å². The van der Waals surface area contributed by atoms with Gasteiger partial charge in [0.25, 0.3) is 5.91 Å². The lowest BCUT2D eigenvalue weighted by atomic mass is 10.1. The van der Waals surface area contributed by atoms with Crippen LogP contribution in [0.3, 0.4) is 0 Å². The number of nitrogens with zero attached hydrogens (tertiary/aromatic N) is 2. The summed E-state index contributed by atoms with van der Waals surface area (Å²) in [4.78, 5) is 13.9. The van der Waals surface area contributed by atoms with Crippen LogP contribution in [0.25, 0.3) is 0 Å². The molecule has 21 heavy (non-hydrogen) atoms. The summed E-state index contributed by atoms with van der Waals surface area (Å²) in [6.45, 7) is 0.469. The van der Waals surface area contributed by atoms with Crippen molar-refractivity contribution in [3.05, 3.63) is 53.7 Å². The molecule has 6 heteroatoms. The Hall–Kier alpha value is -2.81. The number of amides is 1. The molecule has 0 aliphatic carbocycles. The van der Waals surface area contributed by atoms with Crippen LogP contribution in [0.4, 0.5) is 10.1 Å². The van der Waals surface area contributed by atoms with Gasteiger partial charge >= 0.3 is 0 Å². The maximum absolute atomic E-state index is 13.1. The van der Waals surface area contributed by atoms with Gasteiger partial charge in [0.1, 0.15) is 11.6 Å². The van der Waals surface area contributed by atoms with E-state index >= 15 is 0 Å². The maximum Gasteiger partial charge on any atom is 0.256 e. The van der Waals surface area contributed by atoms with Gasteiger partial charge in [0, 0.05) is 12.2 Å². The van der Waals surface area contributed by atoms with Crippen LogP contribution in [0.2, 0.25) is 0 Å². The van der Waals surface area contributed by atoms with E-state index in [1.807, 2.05) is 6.07 Å². The van der Waals surface area contributed by atoms with E-state index in [1.54, 1.807) is 12.1 Å². The molecule has 1 aromatic carbocycles. The fourth-order valence-electron chi connectivity index (χ4n) is 1.93. The van der Waals surface area contributed by atoms with Crippen molar-refractivity contribution in [3.63, 3.8) is 0 Å². The topological polar surface area (TPSA) is 83.3 Å². The molecule has 108 valence electrons. The molecule has 1 aromatic heterocycles. The number of benzene rings is 1. The largest absolute Gasteiger partial charge is 0.467 e. The van der Waals surface area contributed by atoms with E-state index in [0.717, 1.165) is 6.07 Å². The summed E-state index contributed by atoms with van der Waals surface area (Å²) in [5.41, 5.74) is 5.97. The van der Waals surface area contributed by atoms with E-state index in [1.165, 1.54) is 23.3 Å². The smallest absolute Gasteiger partial charge is 0.256 e. The average molecular weight is 287 g/mol. The summed E-state index contributed by atoms with van der Waals surface area (Å²) in [6, 6.07) is 9.07. The third kappa shape index (κ3) is 3.60. The number of carbonyl (C=O) groups excluding carboxylic acids is 1. The molecule has 2 N–H and O–H groups in total. The van der Waals surface area contributed by atoms with Crippen molar-refractivity contribution >= 4 is 11.6 Å². The van der Waals surface area contributed by atoms with E-state index in [4.69, 9.17) is 15.4 Å². The highest BCUT2D eigenvalue weighted by atomic mass is 19.1. The van der Waals surface area contributed by atoms with E-state index < -0.39 is 5.82 Å². The Morgan fingerprint density at radius 2 is 2.24 bits per heavy atom. The van der Waals surface area contributed by atoms with Crippen molar-refractivity contribution in [1.29, 1.82) is 5.26 Å². The molecule has 1 amide bonds. The molecule has 0 unspecified atom stereocenters. The minimum Gasteiger partial charge on any atom is -0.467 e. The second-order valence-electron chi connectivity index (χ2n) is 4.45. The van der Waals surface area contributed by atoms with Crippen LogP contribution in [0.5, 0.6) is 0 Å². The lowest BCUT2D eigenvalue weighted by molar-refractivity contribution is 0.0736. The van der Waals surface area contributed by atoms with Crippen LogP contribution in [-0.4, -0.2) is 17.4 Å². The van der Waals surface area contributed by atoms with E-state index in [0.29, 0.717) is 5.76 Å². The lowest BCUT2D eigenvalue weighted by Crippen LogP contribution is -2.31. The van der Waals surface area contributed by atoms with Gasteiger partial charge in [0.05, 0.1) is 30.9 Å². The zero-order valence-electron chi connectivity index (χ0n) is 11.3. The Bertz CT molecular complexity index is 662. The minimum atomic E-state index is -0.501. The molecule has 1 heterocycles. The van der Waals surface area contributed by atoms with Gasteiger partial charge in [-0.1, -0.05) is 0 Å². The number of hydrogen-bond acceptors (Lipinski definition) is 4. The summed E-state index contributed by atoms with van der Waals surface area (Å²) in [5.74, 6) is -0.264. The predicted octanol–water partition coefficient (Wildman–Crippen LogP) is 2.56. The third-order valence-electron chi connectivity index (χ3n) is 2.95. The summed E-state index contributed by atoms with van der Waals surface area (Å²) < 4.78 is 18.3. The third-order valence-corrected chi connectivity index (χ3v) is 2.95. The normalized spacial score (nSPS) is 10.1. The van der Waals surface area contributed by atoms with Gasteiger partial charge in [-0.05, 0) is 30.3 Å². The molecule has 0 saturated carbocycles. The van der Waals surface area contributed by atoms with Crippen molar-refractivity contribution < 1.29 is 13.6 Å². The number of nitrogens with two attached hydrogens (primary N) is 1. The van der Waals surface area contributed by atoms with Crippen molar-refractivity contribution in [2.45, 2.75) is 13.0 Å². The SMILES string of the molecule is N#CCCN(Cc1ccco1)C(=O)c1ccc(F)cc1N. The fraction of sp³-hybridized carbons (Fsp3) is 0.200. The van der Waals surface area contributed by atoms with Crippen LogP contribution in [0, 0.1) is 17.1 Å². The molecular formula is C15H14FN3O2. The van der Waals surface area contributed by atoms with Gasteiger partial charge in [-0.15, -0.1) is 0 Å². The van der Waals surface area contributed by atoms with E-state index in [9.17, 15) is 9.18 Å². The number of furan rings is 1. The molecule has 0 fully saturated rings. The summed E-state index contributed by atoms with van der Waals surface area (Å²) in [6.07, 6.45) is 1.70. The summed E-state index contributed by atoms with van der Waals surface area (Å²) in [5, 5.41) is 8.70. The minimum absolute atomic E-state index is 0.0707. The Labute approximate surface area is 121 Å². The second kappa shape index (κ2) is 6.57. The average Bonchev–Trinajstić information content (AvgIpc) is 2.95. The number of rotatable bonds is 5. The summed E-state index contributed by atoms with van der Waals surface area (Å²) in [7, 11) is 0. The maximum atomic E-state index is 13.1. The Morgan fingerprint density at radius 1 is 1.43 bits per heavy atom. The first-order valence-corrected chi connectivity index (χ1v) is 6.35. The number of nitriles is 1. The highest BCUT2D eigenvalue weighted by Gasteiger charge is 2.19. The van der Waals surface area contributed by atoms with Crippen molar-refractivity contribution in [2.75, 3.05) is 12.3 Å². The highest BCUT2D eigenvalue weighted by molar-refractivity contribution is 5.99. The molecule has 0 aliphatic rings. The molecule has 0 bridgehead atoms. The molecule has 0 atom stereocenters. The molecule has 0 aliphatic heterocycles. The van der Waals surface area contributed by atoms with E-state index in [2.05, 4.69) is 0 Å². The molecule has 5 nitrogen and oxygen atoms in total. The number of nitrogen functional groups attached to an aromatic ring is 1. The number of hydrogen-bond donors (Lipinski definition) is 1. The fourth-order valence-corrected chi connectivity index (χ4v) is 1.93. The standard InChI is InChI=1S/C15H14FN3O2/c16-11-4-5-13(14(18)9-11)15(20)19(7-2-6-17)10-12-3-1-8-21-12/h1,3-5,8-9H,2,7,10,18H2. The monoisotopic (exact) mass is 287 g/mol. The van der Waals surface area contributed by atoms with Gasteiger partial charge in [-0.25, -0.2) is 4.39 Å². The molecule has 0 spiro atoms.